The van der Waals surface area contributed by atoms with E-state index >= 15 is 0 Å². The zero-order valence-corrected chi connectivity index (χ0v) is 12.0. The van der Waals surface area contributed by atoms with Crippen molar-refractivity contribution in [2.24, 2.45) is 0 Å². The number of nitrogens with zero attached hydrogens (tertiary/aromatic N) is 3. The number of hydrogen-bond acceptors (Lipinski definition) is 3. The minimum Gasteiger partial charge on any atom is -0.306 e. The average molecular weight is 278 g/mol. The Hall–Kier alpha value is -2.46. The summed E-state index contributed by atoms with van der Waals surface area (Å²) in [5.74, 6) is 0. The molecule has 1 N–H and O–H groups in total. The fourth-order valence-electron chi connectivity index (χ4n) is 2.24. The maximum absolute atomic E-state index is 4.06. The van der Waals surface area contributed by atoms with Gasteiger partial charge in [-0.2, -0.15) is 0 Å². The number of benzene rings is 1. The van der Waals surface area contributed by atoms with E-state index in [9.17, 15) is 0 Å². The van der Waals surface area contributed by atoms with Crippen LogP contribution < -0.4 is 5.32 Å². The van der Waals surface area contributed by atoms with Crippen LogP contribution in [-0.4, -0.2) is 14.5 Å². The van der Waals surface area contributed by atoms with Crippen molar-refractivity contribution in [2.45, 2.75) is 19.5 Å². The lowest BCUT2D eigenvalue weighted by Gasteiger charge is -2.14. The van der Waals surface area contributed by atoms with Crippen molar-refractivity contribution < 1.29 is 0 Å². The molecule has 1 atom stereocenters. The molecular formula is C17H18N4. The molecule has 2 heterocycles. The van der Waals surface area contributed by atoms with E-state index in [1.807, 2.05) is 35.3 Å². The number of aromatic nitrogens is 3. The predicted molar refractivity (Wildman–Crippen MR) is 83.1 cm³/mol. The lowest BCUT2D eigenvalue weighted by Crippen LogP contribution is -2.18. The zero-order valence-electron chi connectivity index (χ0n) is 12.0. The summed E-state index contributed by atoms with van der Waals surface area (Å²) in [5, 5.41) is 3.52. The summed E-state index contributed by atoms with van der Waals surface area (Å²) in [4.78, 5) is 8.10. The Labute approximate surface area is 124 Å². The molecule has 2 aromatic heterocycles. The molecule has 0 fully saturated rings. The fraction of sp³-hybridized carbons (Fsp3) is 0.176. The van der Waals surface area contributed by atoms with Gasteiger partial charge >= 0.3 is 0 Å². The quantitative estimate of drug-likeness (QED) is 0.779. The number of hydrogen-bond donors (Lipinski definition) is 1. The number of pyridine rings is 1. The first kappa shape index (κ1) is 13.5. The molecule has 1 unspecified atom stereocenters. The molecule has 4 nitrogen and oxygen atoms in total. The minimum atomic E-state index is 0.307. The van der Waals surface area contributed by atoms with Crippen LogP contribution in [-0.2, 0) is 6.54 Å². The second kappa shape index (κ2) is 6.33. The van der Waals surface area contributed by atoms with E-state index in [-0.39, 0.29) is 0 Å². The van der Waals surface area contributed by atoms with Crippen LogP contribution in [0.2, 0.25) is 0 Å². The fourth-order valence-corrected chi connectivity index (χ4v) is 2.24. The third-order valence-electron chi connectivity index (χ3n) is 3.56. The topological polar surface area (TPSA) is 42.7 Å². The van der Waals surface area contributed by atoms with Gasteiger partial charge in [-0.05, 0) is 42.3 Å². The third kappa shape index (κ3) is 3.35. The number of rotatable bonds is 5. The molecule has 0 saturated heterocycles. The highest BCUT2D eigenvalue weighted by atomic mass is 15.0. The van der Waals surface area contributed by atoms with Crippen LogP contribution in [0.15, 0.2) is 67.5 Å². The molecule has 0 bridgehead atoms. The van der Waals surface area contributed by atoms with Crippen molar-refractivity contribution >= 4 is 0 Å². The van der Waals surface area contributed by atoms with E-state index in [1.165, 1.54) is 11.1 Å². The van der Waals surface area contributed by atoms with Crippen LogP contribution in [0.4, 0.5) is 0 Å². The smallest absolute Gasteiger partial charge is 0.0991 e. The zero-order chi connectivity index (χ0) is 14.5. The van der Waals surface area contributed by atoms with Gasteiger partial charge in [0.1, 0.15) is 0 Å². The second-order valence-electron chi connectivity index (χ2n) is 5.02. The van der Waals surface area contributed by atoms with Crippen molar-refractivity contribution in [3.8, 4) is 5.69 Å². The summed E-state index contributed by atoms with van der Waals surface area (Å²) in [5.41, 5.74) is 3.64. The molecule has 106 valence electrons. The molecule has 1 aromatic carbocycles. The SMILES string of the molecule is CC(NCc1ccc(-n2ccnc2)cc1)c1ccncc1. The first-order valence-electron chi connectivity index (χ1n) is 7.03. The first-order chi connectivity index (χ1) is 10.3. The molecule has 0 radical (unpaired) electrons. The summed E-state index contributed by atoms with van der Waals surface area (Å²) in [6.07, 6.45) is 9.18. The van der Waals surface area contributed by atoms with E-state index in [0.717, 1.165) is 12.2 Å². The Kier molecular flexibility index (Phi) is 4.07. The minimum absolute atomic E-state index is 0.307. The maximum Gasteiger partial charge on any atom is 0.0991 e. The Balaban J connectivity index is 1.61. The molecule has 0 saturated carbocycles. The Bertz CT molecular complexity index is 660. The third-order valence-corrected chi connectivity index (χ3v) is 3.56. The molecule has 0 amide bonds. The van der Waals surface area contributed by atoms with Crippen LogP contribution >= 0.6 is 0 Å². The van der Waals surface area contributed by atoms with E-state index in [1.54, 1.807) is 12.5 Å². The summed E-state index contributed by atoms with van der Waals surface area (Å²) in [7, 11) is 0. The van der Waals surface area contributed by atoms with E-state index in [0.29, 0.717) is 6.04 Å². The van der Waals surface area contributed by atoms with Gasteiger partial charge in [0.2, 0.25) is 0 Å². The molecule has 4 heteroatoms. The van der Waals surface area contributed by atoms with Crippen LogP contribution in [0.25, 0.3) is 5.69 Å². The Morgan fingerprint density at radius 1 is 1.00 bits per heavy atom. The van der Waals surface area contributed by atoms with E-state index < -0.39 is 0 Å². The summed E-state index contributed by atoms with van der Waals surface area (Å²) < 4.78 is 2.00. The van der Waals surface area contributed by atoms with Gasteiger partial charge in [0, 0.05) is 43.1 Å². The molecule has 21 heavy (non-hydrogen) atoms. The highest BCUT2D eigenvalue weighted by Crippen LogP contribution is 2.13. The predicted octanol–water partition coefficient (Wildman–Crippen LogP) is 3.12. The highest BCUT2D eigenvalue weighted by Gasteiger charge is 2.04. The number of imidazole rings is 1. The van der Waals surface area contributed by atoms with Gasteiger partial charge in [0.25, 0.3) is 0 Å². The van der Waals surface area contributed by atoms with Gasteiger partial charge in [0.05, 0.1) is 6.33 Å². The van der Waals surface area contributed by atoms with Crippen LogP contribution in [0, 0.1) is 0 Å². The van der Waals surface area contributed by atoms with Gasteiger partial charge in [-0.1, -0.05) is 12.1 Å². The number of nitrogens with one attached hydrogen (secondary N) is 1. The van der Waals surface area contributed by atoms with E-state index in [2.05, 4.69) is 46.5 Å². The summed E-state index contributed by atoms with van der Waals surface area (Å²) in [6, 6.07) is 12.9. The van der Waals surface area contributed by atoms with Crippen molar-refractivity contribution in [3.63, 3.8) is 0 Å². The van der Waals surface area contributed by atoms with Gasteiger partial charge in [-0.25, -0.2) is 4.98 Å². The van der Waals surface area contributed by atoms with Crippen molar-refractivity contribution in [2.75, 3.05) is 0 Å². The van der Waals surface area contributed by atoms with Crippen molar-refractivity contribution in [1.29, 1.82) is 0 Å². The van der Waals surface area contributed by atoms with Crippen molar-refractivity contribution in [3.05, 3.63) is 78.6 Å². The normalized spacial score (nSPS) is 12.2. The maximum atomic E-state index is 4.06. The van der Waals surface area contributed by atoms with Gasteiger partial charge < -0.3 is 9.88 Å². The largest absolute Gasteiger partial charge is 0.306 e. The molecule has 3 aromatic rings. The first-order valence-corrected chi connectivity index (χ1v) is 7.03. The van der Waals surface area contributed by atoms with Crippen LogP contribution in [0.1, 0.15) is 24.1 Å². The van der Waals surface area contributed by atoms with Crippen molar-refractivity contribution in [1.82, 2.24) is 19.9 Å². The Morgan fingerprint density at radius 2 is 1.76 bits per heavy atom. The standard InChI is InChI=1S/C17H18N4/c1-14(16-6-8-18-9-7-16)20-12-15-2-4-17(5-3-15)21-11-10-19-13-21/h2-11,13-14,20H,12H2,1H3. The van der Waals surface area contributed by atoms with E-state index in [4.69, 9.17) is 0 Å². The summed E-state index contributed by atoms with van der Waals surface area (Å²) in [6.45, 7) is 3.00. The van der Waals surface area contributed by atoms with Gasteiger partial charge in [0.15, 0.2) is 0 Å². The molecule has 0 spiro atoms. The Morgan fingerprint density at radius 3 is 2.43 bits per heavy atom. The highest BCUT2D eigenvalue weighted by molar-refractivity contribution is 5.34. The molecule has 0 aliphatic rings. The molecule has 3 rings (SSSR count). The van der Waals surface area contributed by atoms with Gasteiger partial charge in [-0.15, -0.1) is 0 Å². The lowest BCUT2D eigenvalue weighted by molar-refractivity contribution is 0.574. The van der Waals surface area contributed by atoms with Crippen LogP contribution in [0.3, 0.4) is 0 Å². The van der Waals surface area contributed by atoms with Gasteiger partial charge in [-0.3, -0.25) is 4.98 Å². The molecule has 0 aliphatic carbocycles. The summed E-state index contributed by atoms with van der Waals surface area (Å²) >= 11 is 0. The monoisotopic (exact) mass is 278 g/mol. The molecular weight excluding hydrogens is 260 g/mol. The van der Waals surface area contributed by atoms with Crippen LogP contribution in [0.5, 0.6) is 0 Å². The molecule has 0 aliphatic heterocycles. The lowest BCUT2D eigenvalue weighted by atomic mass is 10.1. The average Bonchev–Trinajstić information content (AvgIpc) is 3.08. The second-order valence-corrected chi connectivity index (χ2v) is 5.02.